The van der Waals surface area contributed by atoms with Gasteiger partial charge in [0.2, 0.25) is 11.8 Å². The van der Waals surface area contributed by atoms with Gasteiger partial charge in [-0.15, -0.1) is 0 Å². The summed E-state index contributed by atoms with van der Waals surface area (Å²) in [4.78, 5) is 50.4. The Hall–Kier alpha value is -2.62. The van der Waals surface area contributed by atoms with Crippen LogP contribution in [0, 0.1) is 0 Å². The Morgan fingerprint density at radius 1 is 1.21 bits per heavy atom. The van der Waals surface area contributed by atoms with Gasteiger partial charge in [0, 0.05) is 25.6 Å². The van der Waals surface area contributed by atoms with Crippen molar-refractivity contribution < 1.29 is 23.9 Å². The molecule has 0 saturated carbocycles. The molecule has 0 radical (unpaired) electrons. The van der Waals surface area contributed by atoms with E-state index in [0.717, 1.165) is 4.90 Å². The van der Waals surface area contributed by atoms with Crippen LogP contribution in [0.1, 0.15) is 53.0 Å². The second-order valence-corrected chi connectivity index (χ2v) is 8.08. The van der Waals surface area contributed by atoms with Crippen molar-refractivity contribution in [1.82, 2.24) is 20.9 Å². The number of fused-ring (bicyclic) bond motifs is 1. The van der Waals surface area contributed by atoms with E-state index in [0.29, 0.717) is 36.4 Å². The number of benzene rings is 1. The maximum absolute atomic E-state index is 13.0. The third kappa shape index (κ3) is 3.68. The number of nitrogens with one attached hydrogen (secondary N) is 3. The predicted octanol–water partition coefficient (Wildman–Crippen LogP) is -0.0981. The topological polar surface area (TPSA) is 117 Å². The molecule has 1 aromatic carbocycles. The Labute approximate surface area is 168 Å². The summed E-state index contributed by atoms with van der Waals surface area (Å²) in [5.74, 6) is -1.97. The van der Waals surface area contributed by atoms with Gasteiger partial charge in [0.05, 0.1) is 17.7 Å². The van der Waals surface area contributed by atoms with Gasteiger partial charge in [-0.1, -0.05) is 12.1 Å². The lowest BCUT2D eigenvalue weighted by atomic mass is 10.0. The third-order valence-electron chi connectivity index (χ3n) is 5.46. The summed E-state index contributed by atoms with van der Waals surface area (Å²) in [5.41, 5.74) is 0.965. The number of carbonyl (C=O) groups is 4. The van der Waals surface area contributed by atoms with Gasteiger partial charge < -0.3 is 10.1 Å². The zero-order chi connectivity index (χ0) is 20.8. The van der Waals surface area contributed by atoms with Gasteiger partial charge in [-0.25, -0.2) is 0 Å². The molecule has 3 aliphatic heterocycles. The summed E-state index contributed by atoms with van der Waals surface area (Å²) in [7, 11) is 0. The zero-order valence-corrected chi connectivity index (χ0v) is 16.4. The van der Waals surface area contributed by atoms with E-state index in [-0.39, 0.29) is 30.5 Å². The Bertz CT molecular complexity index is 897. The normalized spacial score (nSPS) is 26.1. The highest BCUT2D eigenvalue weighted by molar-refractivity contribution is 6.24. The van der Waals surface area contributed by atoms with E-state index in [9.17, 15) is 19.2 Å². The molecule has 9 heteroatoms. The summed E-state index contributed by atoms with van der Waals surface area (Å²) >= 11 is 0. The molecular formula is C20H24N4O5. The lowest BCUT2D eigenvalue weighted by molar-refractivity contribution is -0.136. The second-order valence-electron chi connectivity index (χ2n) is 8.08. The highest BCUT2D eigenvalue weighted by Crippen LogP contribution is 2.30. The number of amides is 4. The maximum Gasteiger partial charge on any atom is 0.262 e. The van der Waals surface area contributed by atoms with Crippen LogP contribution in [0.25, 0.3) is 0 Å². The summed E-state index contributed by atoms with van der Waals surface area (Å²) < 4.78 is 5.64. The van der Waals surface area contributed by atoms with Crippen molar-refractivity contribution in [3.05, 3.63) is 34.9 Å². The van der Waals surface area contributed by atoms with Crippen LogP contribution in [0.3, 0.4) is 0 Å². The minimum Gasteiger partial charge on any atom is -0.360 e. The number of imide groups is 2. The summed E-state index contributed by atoms with van der Waals surface area (Å²) in [6, 6.07) is 4.32. The molecule has 0 aliphatic carbocycles. The van der Waals surface area contributed by atoms with Crippen molar-refractivity contribution in [3.63, 3.8) is 0 Å². The van der Waals surface area contributed by atoms with E-state index in [1.165, 1.54) is 0 Å². The molecule has 2 atom stereocenters. The van der Waals surface area contributed by atoms with Crippen LogP contribution in [0.5, 0.6) is 0 Å². The van der Waals surface area contributed by atoms with Crippen LogP contribution >= 0.6 is 0 Å². The van der Waals surface area contributed by atoms with Crippen molar-refractivity contribution in [2.45, 2.75) is 51.0 Å². The maximum atomic E-state index is 13.0. The molecule has 1 aromatic rings. The van der Waals surface area contributed by atoms with Gasteiger partial charge in [-0.2, -0.15) is 0 Å². The van der Waals surface area contributed by atoms with Crippen molar-refractivity contribution in [1.29, 1.82) is 0 Å². The smallest absolute Gasteiger partial charge is 0.262 e. The molecule has 0 spiro atoms. The Morgan fingerprint density at radius 2 is 2.00 bits per heavy atom. The van der Waals surface area contributed by atoms with Gasteiger partial charge in [-0.3, -0.25) is 34.7 Å². The molecule has 3 heterocycles. The number of piperidine rings is 1. The van der Waals surface area contributed by atoms with Crippen molar-refractivity contribution in [2.24, 2.45) is 0 Å². The summed E-state index contributed by atoms with van der Waals surface area (Å²) in [6.45, 7) is 5.57. The van der Waals surface area contributed by atoms with Crippen LogP contribution in [0.4, 0.5) is 0 Å². The predicted molar refractivity (Wildman–Crippen MR) is 102 cm³/mol. The highest BCUT2D eigenvalue weighted by atomic mass is 16.5. The standard InChI is InChI=1S/C20H24N4O5/c1-20(2)23-12(10-29-20)9-21-8-11-4-3-5-13-16(11)19(28)24(18(13)27)14-6-7-15(25)22-17(14)26/h3-5,12,14,21,23H,6-10H2,1-2H3,(H,22,25,26)/t12-,14?/m0/s1. The molecule has 3 N–H and O–H groups in total. The zero-order valence-electron chi connectivity index (χ0n) is 16.4. The number of carbonyl (C=O) groups excluding carboxylic acids is 4. The first-order chi connectivity index (χ1) is 13.8. The fraction of sp³-hybridized carbons (Fsp3) is 0.500. The molecule has 9 nitrogen and oxygen atoms in total. The van der Waals surface area contributed by atoms with Crippen LogP contribution in [0.15, 0.2) is 18.2 Å². The third-order valence-corrected chi connectivity index (χ3v) is 5.46. The molecule has 0 bridgehead atoms. The second kappa shape index (κ2) is 7.33. The molecule has 2 fully saturated rings. The average Bonchev–Trinajstić information content (AvgIpc) is 3.13. The Balaban J connectivity index is 1.48. The number of nitrogens with zero attached hydrogens (tertiary/aromatic N) is 1. The molecule has 4 amide bonds. The average molecular weight is 400 g/mol. The molecule has 3 aliphatic rings. The van der Waals surface area contributed by atoms with Crippen LogP contribution < -0.4 is 16.0 Å². The van der Waals surface area contributed by atoms with Gasteiger partial charge >= 0.3 is 0 Å². The Kier molecular flexibility index (Phi) is 4.97. The largest absolute Gasteiger partial charge is 0.360 e. The van der Waals surface area contributed by atoms with E-state index >= 15 is 0 Å². The number of hydrogen-bond donors (Lipinski definition) is 3. The molecule has 0 aromatic heterocycles. The first kappa shape index (κ1) is 19.7. The lowest BCUT2D eigenvalue weighted by Gasteiger charge is -2.27. The van der Waals surface area contributed by atoms with Gasteiger partial charge in [0.25, 0.3) is 11.8 Å². The lowest BCUT2D eigenvalue weighted by Crippen LogP contribution is -2.54. The van der Waals surface area contributed by atoms with Crippen LogP contribution in [0.2, 0.25) is 0 Å². The van der Waals surface area contributed by atoms with Gasteiger partial charge in [-0.05, 0) is 31.9 Å². The molecule has 2 saturated heterocycles. The van der Waals surface area contributed by atoms with Gasteiger partial charge in [0.1, 0.15) is 11.8 Å². The molecule has 29 heavy (non-hydrogen) atoms. The molecule has 1 unspecified atom stereocenters. The fourth-order valence-electron chi connectivity index (χ4n) is 4.11. The quantitative estimate of drug-likeness (QED) is 0.591. The first-order valence-corrected chi connectivity index (χ1v) is 9.73. The van der Waals surface area contributed by atoms with Crippen molar-refractivity contribution in [2.75, 3.05) is 13.2 Å². The highest BCUT2D eigenvalue weighted by Gasteiger charge is 2.45. The number of hydrogen-bond acceptors (Lipinski definition) is 7. The van der Waals surface area contributed by atoms with Gasteiger partial charge in [0.15, 0.2) is 0 Å². The van der Waals surface area contributed by atoms with E-state index in [1.807, 2.05) is 13.8 Å². The van der Waals surface area contributed by atoms with E-state index < -0.39 is 23.8 Å². The molecule has 4 rings (SSSR count). The van der Waals surface area contributed by atoms with Crippen LogP contribution in [-0.2, 0) is 20.9 Å². The first-order valence-electron chi connectivity index (χ1n) is 9.73. The fourth-order valence-corrected chi connectivity index (χ4v) is 4.11. The SMILES string of the molecule is CC1(C)N[C@@H](CNCc2cccc3c2C(=O)N(C2CCC(=O)NC2=O)C3=O)CO1. The van der Waals surface area contributed by atoms with Crippen molar-refractivity contribution in [3.8, 4) is 0 Å². The van der Waals surface area contributed by atoms with E-state index in [1.54, 1.807) is 18.2 Å². The summed E-state index contributed by atoms with van der Waals surface area (Å²) in [6.07, 6.45) is 0.248. The summed E-state index contributed by atoms with van der Waals surface area (Å²) in [5, 5.41) is 8.87. The number of rotatable bonds is 5. The number of ether oxygens (including phenoxy) is 1. The van der Waals surface area contributed by atoms with Crippen LogP contribution in [-0.4, -0.2) is 59.5 Å². The van der Waals surface area contributed by atoms with Crippen molar-refractivity contribution >= 4 is 23.6 Å². The molecule has 154 valence electrons. The Morgan fingerprint density at radius 3 is 2.69 bits per heavy atom. The monoisotopic (exact) mass is 400 g/mol. The minimum atomic E-state index is -0.956. The van der Waals surface area contributed by atoms with E-state index in [4.69, 9.17) is 4.74 Å². The van der Waals surface area contributed by atoms with E-state index in [2.05, 4.69) is 16.0 Å². The minimum absolute atomic E-state index is 0.102. The molecular weight excluding hydrogens is 376 g/mol.